The molecule has 3 rings (SSSR count). The van der Waals surface area contributed by atoms with Gasteiger partial charge < -0.3 is 0 Å². The van der Waals surface area contributed by atoms with Crippen LogP contribution in [0, 0.1) is 29.1 Å². The van der Waals surface area contributed by atoms with Gasteiger partial charge in [-0.15, -0.1) is 0 Å². The molecule has 1 saturated carbocycles. The van der Waals surface area contributed by atoms with E-state index >= 15 is 0 Å². The van der Waals surface area contributed by atoms with Crippen molar-refractivity contribution < 1.29 is 0 Å². The molecule has 0 atom stereocenters. The van der Waals surface area contributed by atoms with Gasteiger partial charge in [0, 0.05) is 5.56 Å². The van der Waals surface area contributed by atoms with Gasteiger partial charge in [0.25, 0.3) is 0 Å². The Morgan fingerprint density at radius 2 is 1.61 bits per heavy atom. The highest BCUT2D eigenvalue weighted by Gasteiger charge is 2.20. The van der Waals surface area contributed by atoms with Gasteiger partial charge >= 0.3 is 0 Å². The van der Waals surface area contributed by atoms with E-state index in [1.807, 2.05) is 30.3 Å². The minimum Gasteiger partial charge on any atom is -0.192 e. The molecule has 1 nitrogen and oxygen atoms in total. The fraction of sp³-hybridized carbons (Fsp3) is 0.370. The molecule has 0 amide bonds. The Bertz CT molecular complexity index is 861. The maximum atomic E-state index is 8.82. The first kappa shape index (κ1) is 20.0. The van der Waals surface area contributed by atoms with Crippen LogP contribution in [0.4, 0.5) is 0 Å². The first-order valence-corrected chi connectivity index (χ1v) is 10.6. The quantitative estimate of drug-likeness (QED) is 0.534. The largest absolute Gasteiger partial charge is 0.192 e. The van der Waals surface area contributed by atoms with Crippen LogP contribution in [0.1, 0.15) is 73.6 Å². The molecule has 0 spiro atoms. The lowest BCUT2D eigenvalue weighted by Gasteiger charge is -2.27. The van der Waals surface area contributed by atoms with Crippen LogP contribution in [-0.2, 0) is 6.42 Å². The van der Waals surface area contributed by atoms with Gasteiger partial charge in [-0.3, -0.25) is 0 Å². The zero-order valence-corrected chi connectivity index (χ0v) is 16.8. The van der Waals surface area contributed by atoms with Gasteiger partial charge in [-0.1, -0.05) is 55.5 Å². The number of unbranched alkanes of at least 4 members (excludes halogenated alkanes) is 1. The van der Waals surface area contributed by atoms with E-state index in [0.29, 0.717) is 11.5 Å². The Morgan fingerprint density at radius 3 is 2.25 bits per heavy atom. The summed E-state index contributed by atoms with van der Waals surface area (Å²) in [5.74, 6) is 7.65. The monoisotopic (exact) mass is 367 g/mol. The third-order valence-electron chi connectivity index (χ3n) is 5.72. The van der Waals surface area contributed by atoms with Crippen molar-refractivity contribution in [2.45, 2.75) is 57.8 Å². The SMILES string of the molecule is CCCCc1ccc(C2CCC(/C=C/C#Cc3ccc(C#N)cc3)CC2)cc1. The summed E-state index contributed by atoms with van der Waals surface area (Å²) in [5.41, 5.74) is 4.62. The van der Waals surface area contributed by atoms with Crippen molar-refractivity contribution in [3.63, 3.8) is 0 Å². The Hall–Kier alpha value is -2.77. The zero-order chi connectivity index (χ0) is 19.6. The molecule has 1 aliphatic rings. The lowest BCUT2D eigenvalue weighted by molar-refractivity contribution is 0.376. The van der Waals surface area contributed by atoms with Crippen molar-refractivity contribution in [2.75, 3.05) is 0 Å². The topological polar surface area (TPSA) is 23.8 Å². The Balaban J connectivity index is 1.47. The lowest BCUT2D eigenvalue weighted by Crippen LogP contribution is -2.11. The summed E-state index contributed by atoms with van der Waals surface area (Å²) >= 11 is 0. The van der Waals surface area contributed by atoms with E-state index in [1.54, 1.807) is 0 Å². The van der Waals surface area contributed by atoms with Gasteiger partial charge in [-0.25, -0.2) is 0 Å². The molecule has 0 heterocycles. The Morgan fingerprint density at radius 1 is 0.929 bits per heavy atom. The van der Waals surface area contributed by atoms with Crippen molar-refractivity contribution in [1.29, 1.82) is 5.26 Å². The number of hydrogen-bond donors (Lipinski definition) is 0. The number of allylic oxidation sites excluding steroid dienone is 2. The minimum atomic E-state index is 0.648. The highest BCUT2D eigenvalue weighted by molar-refractivity contribution is 5.41. The normalized spacial score (nSPS) is 19.0. The second kappa shape index (κ2) is 10.5. The van der Waals surface area contributed by atoms with Crippen LogP contribution in [0.25, 0.3) is 0 Å². The van der Waals surface area contributed by atoms with Crippen LogP contribution >= 0.6 is 0 Å². The first-order chi connectivity index (χ1) is 13.8. The molecule has 2 aromatic rings. The van der Waals surface area contributed by atoms with Gasteiger partial charge in [-0.05, 0) is 91.8 Å². The Labute approximate surface area is 170 Å². The average Bonchev–Trinajstić information content (AvgIpc) is 2.76. The smallest absolute Gasteiger partial charge is 0.0991 e. The van der Waals surface area contributed by atoms with Crippen molar-refractivity contribution in [2.24, 2.45) is 5.92 Å². The highest BCUT2D eigenvalue weighted by atomic mass is 14.3. The molecule has 0 unspecified atom stereocenters. The molecule has 1 fully saturated rings. The third kappa shape index (κ3) is 5.87. The van der Waals surface area contributed by atoms with E-state index in [-0.39, 0.29) is 0 Å². The van der Waals surface area contributed by atoms with Crippen LogP contribution in [0.3, 0.4) is 0 Å². The molecular weight excluding hydrogens is 338 g/mol. The van der Waals surface area contributed by atoms with Crippen molar-refractivity contribution in [1.82, 2.24) is 0 Å². The van der Waals surface area contributed by atoms with Crippen LogP contribution in [0.5, 0.6) is 0 Å². The maximum absolute atomic E-state index is 8.82. The second-order valence-corrected chi connectivity index (χ2v) is 7.77. The van der Waals surface area contributed by atoms with Gasteiger partial charge in [0.1, 0.15) is 0 Å². The fourth-order valence-electron chi connectivity index (χ4n) is 3.92. The number of hydrogen-bond acceptors (Lipinski definition) is 1. The summed E-state index contributed by atoms with van der Waals surface area (Å²) < 4.78 is 0. The van der Waals surface area contributed by atoms with Crippen molar-refractivity contribution in [3.8, 4) is 17.9 Å². The molecular formula is C27H29N. The average molecular weight is 368 g/mol. The van der Waals surface area contributed by atoms with Gasteiger partial charge in [0.2, 0.25) is 0 Å². The molecule has 0 N–H and O–H groups in total. The van der Waals surface area contributed by atoms with E-state index in [1.165, 1.54) is 56.1 Å². The number of nitrogens with zero attached hydrogens (tertiary/aromatic N) is 1. The summed E-state index contributed by atoms with van der Waals surface area (Å²) in [5, 5.41) is 8.82. The first-order valence-electron chi connectivity index (χ1n) is 10.6. The van der Waals surface area contributed by atoms with Crippen molar-refractivity contribution in [3.05, 3.63) is 82.9 Å². The third-order valence-corrected chi connectivity index (χ3v) is 5.72. The van der Waals surface area contributed by atoms with Crippen LogP contribution < -0.4 is 0 Å². The summed E-state index contributed by atoms with van der Waals surface area (Å²) in [7, 11) is 0. The maximum Gasteiger partial charge on any atom is 0.0991 e. The minimum absolute atomic E-state index is 0.648. The van der Waals surface area contributed by atoms with Gasteiger partial charge in [0.15, 0.2) is 0 Å². The van der Waals surface area contributed by atoms with E-state index in [0.717, 1.165) is 11.5 Å². The van der Waals surface area contributed by atoms with Crippen LogP contribution in [0.2, 0.25) is 0 Å². The lowest BCUT2D eigenvalue weighted by atomic mass is 9.78. The van der Waals surface area contributed by atoms with Crippen LogP contribution in [0.15, 0.2) is 60.7 Å². The highest BCUT2D eigenvalue weighted by Crippen LogP contribution is 2.36. The van der Waals surface area contributed by atoms with Gasteiger partial charge in [0.05, 0.1) is 11.6 Å². The summed E-state index contributed by atoms with van der Waals surface area (Å²) in [6.45, 7) is 2.25. The molecule has 0 aliphatic heterocycles. The van der Waals surface area contributed by atoms with Crippen LogP contribution in [-0.4, -0.2) is 0 Å². The summed E-state index contributed by atoms with van der Waals surface area (Å²) in [6, 6.07) is 18.9. The number of aryl methyl sites for hydroxylation is 1. The molecule has 142 valence electrons. The Kier molecular flexibility index (Phi) is 7.52. The standard InChI is InChI=1S/C27H29N/c1-2-3-6-22-13-17-26(18-14-22)27-19-15-24(16-20-27)8-5-4-7-23-9-11-25(21-28)12-10-23/h5,8-14,17-18,24,27H,2-3,6,15-16,19-20H2,1H3/b8-5+. The predicted octanol–water partition coefficient (Wildman–Crippen LogP) is 6.78. The second-order valence-electron chi connectivity index (χ2n) is 7.77. The number of nitriles is 1. The van der Waals surface area contributed by atoms with Gasteiger partial charge in [-0.2, -0.15) is 5.26 Å². The molecule has 0 bridgehead atoms. The molecule has 2 aromatic carbocycles. The predicted molar refractivity (Wildman–Crippen MR) is 117 cm³/mol. The van der Waals surface area contributed by atoms with E-state index in [9.17, 15) is 0 Å². The zero-order valence-electron chi connectivity index (χ0n) is 16.8. The fourth-order valence-corrected chi connectivity index (χ4v) is 3.92. The summed E-state index contributed by atoms with van der Waals surface area (Å²) in [6.07, 6.45) is 13.1. The number of rotatable bonds is 5. The van der Waals surface area contributed by atoms with Crippen molar-refractivity contribution >= 4 is 0 Å². The summed E-state index contributed by atoms with van der Waals surface area (Å²) in [4.78, 5) is 0. The molecule has 28 heavy (non-hydrogen) atoms. The molecule has 0 radical (unpaired) electrons. The molecule has 0 saturated heterocycles. The van der Waals surface area contributed by atoms with E-state index in [4.69, 9.17) is 5.26 Å². The number of benzene rings is 2. The molecule has 1 heteroatoms. The van der Waals surface area contributed by atoms with E-state index < -0.39 is 0 Å². The van der Waals surface area contributed by atoms with E-state index in [2.05, 4.69) is 55.2 Å². The molecule has 0 aromatic heterocycles. The molecule has 1 aliphatic carbocycles.